The Balaban J connectivity index is -0.000000139. The van der Waals surface area contributed by atoms with E-state index in [2.05, 4.69) is 22.6 Å². The van der Waals surface area contributed by atoms with Gasteiger partial charge in [-0.2, -0.15) is 0 Å². The number of quaternary nitrogens is 1. The van der Waals surface area contributed by atoms with Gasteiger partial charge < -0.3 is 19.4 Å². The minimum Gasteiger partial charge on any atom is -0.545 e. The van der Waals surface area contributed by atoms with Crippen LogP contribution in [0, 0.1) is 0 Å². The molecule has 0 aliphatic carbocycles. The van der Waals surface area contributed by atoms with Gasteiger partial charge in [0.15, 0.2) is 11.8 Å². The molecule has 0 N–H and O–H groups in total. The number of rotatable bonds is 5. The Morgan fingerprint density at radius 3 is 1.21 bits per heavy atom. The van der Waals surface area contributed by atoms with E-state index in [0.717, 1.165) is 0 Å². The number of carboxylic acids is 1. The molecule has 0 heterocycles. The standard InChI is InChI=1S/2C6H10O2.C5H8O2.C3H9ClN/c2*1-4-8-6(7)5(2)3;1-3-4(2)5(6)7;1-5(2,3)4/h2*2,4H2,1,3H3;3H,1-2H3,(H,6,7);1-3H3/q;;;+1/p-1. The second-order valence-corrected chi connectivity index (χ2v) is 7.12. The molecule has 0 aliphatic rings. The van der Waals surface area contributed by atoms with Crippen LogP contribution in [0.2, 0.25) is 0 Å². The Morgan fingerprint density at radius 1 is 0.929 bits per heavy atom. The fourth-order valence-corrected chi connectivity index (χ4v) is 0.626. The van der Waals surface area contributed by atoms with Gasteiger partial charge in [-0.05, 0) is 47.1 Å². The second kappa shape index (κ2) is 19.6. The van der Waals surface area contributed by atoms with Crippen molar-refractivity contribution >= 4 is 29.7 Å². The van der Waals surface area contributed by atoms with Gasteiger partial charge in [-0.1, -0.05) is 19.2 Å². The highest BCUT2D eigenvalue weighted by atomic mass is 35.5. The molecule has 0 rings (SSSR count). The van der Waals surface area contributed by atoms with Gasteiger partial charge in [0.25, 0.3) is 0 Å². The number of halogens is 1. The van der Waals surface area contributed by atoms with E-state index in [-0.39, 0.29) is 17.5 Å². The first-order valence-corrected chi connectivity index (χ1v) is 8.89. The summed E-state index contributed by atoms with van der Waals surface area (Å²) in [6.07, 6.45) is 1.50. The summed E-state index contributed by atoms with van der Waals surface area (Å²) in [7, 11) is 5.67. The van der Waals surface area contributed by atoms with E-state index >= 15 is 0 Å². The number of esters is 2. The summed E-state index contributed by atoms with van der Waals surface area (Å²) in [6.45, 7) is 17.6. The van der Waals surface area contributed by atoms with E-state index in [0.29, 0.717) is 28.4 Å². The lowest BCUT2D eigenvalue weighted by Crippen LogP contribution is -2.22. The highest BCUT2D eigenvalue weighted by molar-refractivity contribution is 6.06. The number of ether oxygens (including phenoxy) is 2. The first-order valence-electron chi connectivity index (χ1n) is 8.55. The van der Waals surface area contributed by atoms with Crippen LogP contribution in [-0.2, 0) is 23.9 Å². The molecule has 0 saturated carbocycles. The van der Waals surface area contributed by atoms with Crippen molar-refractivity contribution < 1.29 is 33.0 Å². The van der Waals surface area contributed by atoms with Crippen LogP contribution < -0.4 is 5.11 Å². The molecule has 8 heteroatoms. The average molecular weight is 422 g/mol. The molecule has 0 atom stereocenters. The van der Waals surface area contributed by atoms with E-state index < -0.39 is 5.97 Å². The third kappa shape index (κ3) is 39.1. The Kier molecular flexibility index (Phi) is 23.5. The topological polar surface area (TPSA) is 92.7 Å². The van der Waals surface area contributed by atoms with E-state index in [4.69, 9.17) is 11.8 Å². The lowest BCUT2D eigenvalue weighted by atomic mass is 10.3. The predicted molar refractivity (Wildman–Crippen MR) is 111 cm³/mol. The van der Waals surface area contributed by atoms with E-state index in [1.165, 1.54) is 13.0 Å². The second-order valence-electron chi connectivity index (χ2n) is 6.11. The van der Waals surface area contributed by atoms with Crippen molar-refractivity contribution in [1.82, 2.24) is 0 Å². The molecule has 0 aliphatic heterocycles. The predicted octanol–water partition coefficient (Wildman–Crippen LogP) is 2.80. The van der Waals surface area contributed by atoms with E-state index in [9.17, 15) is 19.5 Å². The number of allylic oxidation sites excluding steroid dienone is 1. The molecular formula is C20H36ClNO6. The van der Waals surface area contributed by atoms with Gasteiger partial charge in [0.1, 0.15) is 0 Å². The van der Waals surface area contributed by atoms with Crippen LogP contribution >= 0.6 is 11.8 Å². The summed E-state index contributed by atoms with van der Waals surface area (Å²) in [4.78, 5) is 30.6. The highest BCUT2D eigenvalue weighted by Crippen LogP contribution is 1.91. The van der Waals surface area contributed by atoms with Gasteiger partial charge >= 0.3 is 11.9 Å². The average Bonchev–Trinajstić information content (AvgIpc) is 2.53. The van der Waals surface area contributed by atoms with Gasteiger partial charge in [-0.25, -0.2) is 13.6 Å². The molecule has 0 saturated heterocycles. The number of hydrogen-bond donors (Lipinski definition) is 0. The van der Waals surface area contributed by atoms with Crippen molar-refractivity contribution in [2.45, 2.75) is 41.5 Å². The zero-order valence-electron chi connectivity index (χ0n) is 18.7. The van der Waals surface area contributed by atoms with Crippen LogP contribution in [0.3, 0.4) is 0 Å². The number of carbonyl (C=O) groups excluding carboxylic acids is 3. The molecular weight excluding hydrogens is 386 g/mol. The van der Waals surface area contributed by atoms with Gasteiger partial charge in [0, 0.05) is 11.1 Å². The largest absolute Gasteiger partial charge is 0.545 e. The van der Waals surface area contributed by atoms with Crippen LogP contribution in [0.4, 0.5) is 0 Å². The molecule has 0 radical (unpaired) electrons. The van der Waals surface area contributed by atoms with Crippen molar-refractivity contribution in [1.29, 1.82) is 0 Å². The van der Waals surface area contributed by atoms with Gasteiger partial charge in [-0.3, -0.25) is 0 Å². The molecule has 0 aromatic rings. The number of carbonyl (C=O) groups is 3. The summed E-state index contributed by atoms with van der Waals surface area (Å²) in [6, 6.07) is 0. The number of hydrogen-bond acceptors (Lipinski definition) is 6. The lowest BCUT2D eigenvalue weighted by Gasteiger charge is -2.07. The van der Waals surface area contributed by atoms with Crippen LogP contribution in [0.5, 0.6) is 0 Å². The summed E-state index contributed by atoms with van der Waals surface area (Å²) in [5, 5.41) is 9.75. The van der Waals surface area contributed by atoms with Crippen LogP contribution in [0.15, 0.2) is 36.0 Å². The molecule has 0 unspecified atom stereocenters. The zero-order valence-corrected chi connectivity index (χ0v) is 19.4. The maximum absolute atomic E-state index is 10.4. The molecule has 0 aromatic carbocycles. The Bertz CT molecular complexity index is 499. The van der Waals surface area contributed by atoms with Gasteiger partial charge in [-0.15, -0.1) is 0 Å². The zero-order chi connectivity index (χ0) is 23.5. The first kappa shape index (κ1) is 33.5. The van der Waals surface area contributed by atoms with Crippen LogP contribution in [0.25, 0.3) is 0 Å². The summed E-state index contributed by atoms with van der Waals surface area (Å²) < 4.78 is 9.60. The Labute approximate surface area is 175 Å². The number of carboxylic acid groups (broad SMARTS) is 1. The molecule has 0 spiro atoms. The summed E-state index contributed by atoms with van der Waals surface area (Å²) in [5.41, 5.74) is 1.18. The maximum atomic E-state index is 10.4. The molecule has 7 nitrogen and oxygen atoms in total. The molecule has 0 bridgehead atoms. The molecule has 28 heavy (non-hydrogen) atoms. The van der Waals surface area contributed by atoms with Crippen molar-refractivity contribution in [3.8, 4) is 0 Å². The third-order valence-electron chi connectivity index (χ3n) is 2.00. The maximum Gasteiger partial charge on any atom is 0.333 e. The van der Waals surface area contributed by atoms with Gasteiger partial charge in [0.05, 0.1) is 40.3 Å². The molecule has 0 fully saturated rings. The van der Waals surface area contributed by atoms with Crippen molar-refractivity contribution in [3.63, 3.8) is 0 Å². The van der Waals surface area contributed by atoms with Gasteiger partial charge in [0.2, 0.25) is 0 Å². The van der Waals surface area contributed by atoms with Crippen LogP contribution in [0.1, 0.15) is 41.5 Å². The normalized spacial score (nSPS) is 9.71. The fraction of sp³-hybridized carbons (Fsp3) is 0.550. The Hall–Kier alpha value is -2.12. The number of aliphatic carboxylic acids is 1. The monoisotopic (exact) mass is 421 g/mol. The molecule has 0 amide bonds. The summed E-state index contributed by atoms with van der Waals surface area (Å²) >= 11 is 5.47. The minimum atomic E-state index is -1.09. The van der Waals surface area contributed by atoms with Crippen LogP contribution in [-0.4, -0.2) is 56.3 Å². The highest BCUT2D eigenvalue weighted by Gasteiger charge is 1.98. The summed E-state index contributed by atoms with van der Waals surface area (Å²) in [5.74, 6) is -1.72. The number of nitrogens with zero attached hydrogens (tertiary/aromatic N) is 1. The minimum absolute atomic E-state index is 0.278. The first-order chi connectivity index (χ1) is 12.5. The third-order valence-corrected chi connectivity index (χ3v) is 2.00. The van der Waals surface area contributed by atoms with Crippen molar-refractivity contribution in [3.05, 3.63) is 36.0 Å². The smallest absolute Gasteiger partial charge is 0.333 e. The quantitative estimate of drug-likeness (QED) is 0.385. The van der Waals surface area contributed by atoms with E-state index in [1.807, 2.05) is 21.1 Å². The molecule has 0 aromatic heterocycles. The Morgan fingerprint density at radius 2 is 1.18 bits per heavy atom. The van der Waals surface area contributed by atoms with Crippen molar-refractivity contribution in [2.24, 2.45) is 0 Å². The van der Waals surface area contributed by atoms with E-state index in [1.54, 1.807) is 34.6 Å². The molecule has 164 valence electrons. The lowest BCUT2D eigenvalue weighted by molar-refractivity contribution is -0.747. The SMILES string of the molecule is C=C(C)C(=O)OCC.C=C(C)C(=O)OCC.CC=C(C)C(=O)[O-].C[N+](C)(C)Cl. The van der Waals surface area contributed by atoms with Crippen molar-refractivity contribution in [2.75, 3.05) is 34.4 Å². The fourth-order valence-electron chi connectivity index (χ4n) is 0.626.